The second-order valence-electron chi connectivity index (χ2n) is 4.66. The number of aliphatic hydroxyl groups excluding tert-OH is 1. The van der Waals surface area contributed by atoms with Crippen molar-refractivity contribution in [2.24, 2.45) is 0 Å². The van der Waals surface area contributed by atoms with Crippen LogP contribution in [0.2, 0.25) is 0 Å². The van der Waals surface area contributed by atoms with Crippen molar-refractivity contribution in [3.8, 4) is 5.75 Å². The van der Waals surface area contributed by atoms with E-state index in [1.807, 2.05) is 24.3 Å². The Labute approximate surface area is 128 Å². The minimum atomic E-state index is -1.01. The largest absolute Gasteiger partial charge is 0.491 e. The van der Waals surface area contributed by atoms with Crippen LogP contribution in [0.15, 0.2) is 60.7 Å². The molecule has 2 rings (SSSR count). The zero-order valence-electron chi connectivity index (χ0n) is 11.9. The first kappa shape index (κ1) is 15.8. The van der Waals surface area contributed by atoms with Gasteiger partial charge in [0.2, 0.25) is 0 Å². The van der Waals surface area contributed by atoms with Crippen molar-refractivity contribution in [3.63, 3.8) is 0 Å². The van der Waals surface area contributed by atoms with Gasteiger partial charge in [0, 0.05) is 5.69 Å². The molecular weight excluding hydrogens is 284 g/mol. The Kier molecular flexibility index (Phi) is 5.76. The summed E-state index contributed by atoms with van der Waals surface area (Å²) in [6, 6.07) is 17.0. The average molecular weight is 302 g/mol. The van der Waals surface area contributed by atoms with E-state index in [0.29, 0.717) is 16.5 Å². The predicted octanol–water partition coefficient (Wildman–Crippen LogP) is 2.35. The highest BCUT2D eigenvalue weighted by Crippen LogP contribution is 2.09. The minimum absolute atomic E-state index is 0.0281. The Morgan fingerprint density at radius 3 is 2.32 bits per heavy atom. The van der Waals surface area contributed by atoms with Gasteiger partial charge < -0.3 is 15.2 Å². The van der Waals surface area contributed by atoms with E-state index in [0.717, 1.165) is 0 Å². The van der Waals surface area contributed by atoms with Crippen LogP contribution < -0.4 is 10.1 Å². The van der Waals surface area contributed by atoms with Crippen LogP contribution in [0.25, 0.3) is 0 Å². The molecule has 0 spiro atoms. The molecule has 116 valence electrons. The number of nitrogens with one attached hydrogen (secondary N) is 1. The molecule has 2 aromatic rings. The number of amides is 2. The van der Waals surface area contributed by atoms with Crippen LogP contribution in [-0.2, 0) is 0 Å². The molecule has 0 aliphatic rings. The third kappa shape index (κ3) is 5.08. The number of hydrogen-bond acceptors (Lipinski definition) is 4. The van der Waals surface area contributed by atoms with Gasteiger partial charge in [0.1, 0.15) is 18.5 Å². The summed E-state index contributed by atoms with van der Waals surface area (Å²) in [6.07, 6.45) is -1.01. The van der Waals surface area contributed by atoms with Crippen molar-refractivity contribution < 1.29 is 19.8 Å². The van der Waals surface area contributed by atoms with E-state index >= 15 is 0 Å². The highest BCUT2D eigenvalue weighted by Gasteiger charge is 2.16. The molecule has 0 radical (unpaired) electrons. The number of aliphatic hydroxyl groups is 1. The summed E-state index contributed by atoms with van der Waals surface area (Å²) in [5, 5.41) is 22.4. The topological polar surface area (TPSA) is 82.0 Å². The first-order valence-corrected chi connectivity index (χ1v) is 6.83. The molecule has 0 fully saturated rings. The lowest BCUT2D eigenvalue weighted by Crippen LogP contribution is -2.39. The molecule has 1 atom stereocenters. The number of carbonyl (C=O) groups excluding carboxylic acids is 1. The molecule has 2 aromatic carbocycles. The van der Waals surface area contributed by atoms with Crippen molar-refractivity contribution in [2.75, 3.05) is 18.5 Å². The van der Waals surface area contributed by atoms with Crippen LogP contribution in [0.1, 0.15) is 0 Å². The van der Waals surface area contributed by atoms with Gasteiger partial charge in [0.15, 0.2) is 0 Å². The minimum Gasteiger partial charge on any atom is -0.491 e. The summed E-state index contributed by atoms with van der Waals surface area (Å²) < 4.78 is 5.35. The molecule has 0 aromatic heterocycles. The number of urea groups is 1. The highest BCUT2D eigenvalue weighted by molar-refractivity contribution is 5.88. The number of ether oxygens (including phenoxy) is 1. The SMILES string of the molecule is O=C(Nc1ccccc1)N(O)C[C@@H](O)COc1ccccc1. The van der Waals surface area contributed by atoms with Gasteiger partial charge in [-0.3, -0.25) is 5.21 Å². The fourth-order valence-electron chi connectivity index (χ4n) is 1.75. The Hall–Kier alpha value is -2.57. The first-order chi connectivity index (χ1) is 10.6. The Morgan fingerprint density at radius 1 is 1.09 bits per heavy atom. The molecule has 0 saturated heterocycles. The number of para-hydroxylation sites is 2. The fourth-order valence-corrected chi connectivity index (χ4v) is 1.75. The molecular formula is C16H18N2O4. The van der Waals surface area contributed by atoms with Crippen molar-refractivity contribution >= 4 is 11.7 Å². The fraction of sp³-hybridized carbons (Fsp3) is 0.188. The van der Waals surface area contributed by atoms with E-state index in [-0.39, 0.29) is 13.2 Å². The van der Waals surface area contributed by atoms with Crippen LogP contribution in [0.5, 0.6) is 5.75 Å². The number of rotatable bonds is 6. The number of anilines is 1. The molecule has 0 aliphatic carbocycles. The van der Waals surface area contributed by atoms with Gasteiger partial charge in [-0.25, -0.2) is 9.86 Å². The summed E-state index contributed by atoms with van der Waals surface area (Å²) in [5.41, 5.74) is 0.557. The third-order valence-corrected chi connectivity index (χ3v) is 2.83. The van der Waals surface area contributed by atoms with Crippen molar-refractivity contribution in [3.05, 3.63) is 60.7 Å². The molecule has 6 nitrogen and oxygen atoms in total. The number of hydroxylamine groups is 2. The van der Waals surface area contributed by atoms with Crippen molar-refractivity contribution in [1.29, 1.82) is 0 Å². The van der Waals surface area contributed by atoms with Crippen LogP contribution in [0.3, 0.4) is 0 Å². The van der Waals surface area contributed by atoms with Crippen LogP contribution >= 0.6 is 0 Å². The van der Waals surface area contributed by atoms with Crippen molar-refractivity contribution in [1.82, 2.24) is 5.06 Å². The summed E-state index contributed by atoms with van der Waals surface area (Å²) in [7, 11) is 0. The summed E-state index contributed by atoms with van der Waals surface area (Å²) >= 11 is 0. The quantitative estimate of drug-likeness (QED) is 0.565. The summed E-state index contributed by atoms with van der Waals surface area (Å²) in [5.74, 6) is 0.611. The second-order valence-corrected chi connectivity index (χ2v) is 4.66. The lowest BCUT2D eigenvalue weighted by molar-refractivity contribution is -0.0701. The van der Waals surface area contributed by atoms with E-state index < -0.39 is 12.1 Å². The molecule has 6 heteroatoms. The number of carbonyl (C=O) groups is 1. The molecule has 0 bridgehead atoms. The van der Waals surface area contributed by atoms with Gasteiger partial charge in [-0.1, -0.05) is 36.4 Å². The zero-order chi connectivity index (χ0) is 15.8. The van der Waals surface area contributed by atoms with Gasteiger partial charge >= 0.3 is 6.03 Å². The molecule has 2 amide bonds. The Morgan fingerprint density at radius 2 is 1.68 bits per heavy atom. The van der Waals surface area contributed by atoms with E-state index in [2.05, 4.69) is 5.32 Å². The molecule has 0 heterocycles. The van der Waals surface area contributed by atoms with E-state index in [1.165, 1.54) is 0 Å². The average Bonchev–Trinajstić information content (AvgIpc) is 2.55. The monoisotopic (exact) mass is 302 g/mol. The Balaban J connectivity index is 1.75. The van der Waals surface area contributed by atoms with Crippen LogP contribution in [-0.4, -0.2) is 40.7 Å². The molecule has 3 N–H and O–H groups in total. The lowest BCUT2D eigenvalue weighted by atomic mass is 10.3. The van der Waals surface area contributed by atoms with Gasteiger partial charge in [-0.15, -0.1) is 0 Å². The first-order valence-electron chi connectivity index (χ1n) is 6.83. The van der Waals surface area contributed by atoms with Gasteiger partial charge in [0.25, 0.3) is 0 Å². The maximum absolute atomic E-state index is 11.7. The number of nitrogens with zero attached hydrogens (tertiary/aromatic N) is 1. The lowest BCUT2D eigenvalue weighted by Gasteiger charge is -2.19. The molecule has 0 saturated carbocycles. The summed E-state index contributed by atoms with van der Waals surface area (Å²) in [4.78, 5) is 11.7. The van der Waals surface area contributed by atoms with E-state index in [4.69, 9.17) is 4.74 Å². The van der Waals surface area contributed by atoms with Gasteiger partial charge in [-0.05, 0) is 24.3 Å². The molecule has 22 heavy (non-hydrogen) atoms. The van der Waals surface area contributed by atoms with Crippen molar-refractivity contribution in [2.45, 2.75) is 6.10 Å². The zero-order valence-corrected chi connectivity index (χ0v) is 11.9. The predicted molar refractivity (Wildman–Crippen MR) is 81.9 cm³/mol. The second kappa shape index (κ2) is 8.02. The highest BCUT2D eigenvalue weighted by atomic mass is 16.5. The standard InChI is InChI=1S/C16H18N2O4/c19-14(12-22-15-9-5-2-6-10-15)11-18(21)16(20)17-13-7-3-1-4-8-13/h1-10,14,19,21H,11-12H2,(H,17,20)/t14-/m1/s1. The van der Waals surface area contributed by atoms with Gasteiger partial charge in [0.05, 0.1) is 6.54 Å². The molecule has 0 unspecified atom stereocenters. The number of hydrogen-bond donors (Lipinski definition) is 3. The summed E-state index contributed by atoms with van der Waals surface area (Å²) in [6.45, 7) is -0.287. The van der Waals surface area contributed by atoms with Gasteiger partial charge in [-0.2, -0.15) is 0 Å². The smallest absolute Gasteiger partial charge is 0.345 e. The normalized spacial score (nSPS) is 11.5. The van der Waals surface area contributed by atoms with E-state index in [1.54, 1.807) is 36.4 Å². The maximum Gasteiger partial charge on any atom is 0.345 e. The van der Waals surface area contributed by atoms with Crippen LogP contribution in [0.4, 0.5) is 10.5 Å². The van der Waals surface area contributed by atoms with E-state index in [9.17, 15) is 15.1 Å². The Bertz CT molecular complexity index is 577. The molecule has 0 aliphatic heterocycles. The van der Waals surface area contributed by atoms with Crippen LogP contribution in [0, 0.1) is 0 Å². The third-order valence-electron chi connectivity index (χ3n) is 2.83. The number of benzene rings is 2. The maximum atomic E-state index is 11.7.